The second-order valence-electron chi connectivity index (χ2n) is 6.06. The van der Waals surface area contributed by atoms with Crippen LogP contribution in [0.5, 0.6) is 6.01 Å². The monoisotopic (exact) mass is 371 g/mol. The van der Waals surface area contributed by atoms with Crippen molar-refractivity contribution in [2.45, 2.75) is 19.8 Å². The molecule has 9 heteroatoms. The van der Waals surface area contributed by atoms with E-state index in [0.29, 0.717) is 25.0 Å². The Bertz CT molecular complexity index is 736. The first-order chi connectivity index (χ1) is 13.2. The Morgan fingerprint density at radius 3 is 2.67 bits per heavy atom. The van der Waals surface area contributed by atoms with E-state index in [0.717, 1.165) is 31.6 Å². The first-order valence-electron chi connectivity index (χ1n) is 9.22. The van der Waals surface area contributed by atoms with Crippen molar-refractivity contribution in [1.29, 1.82) is 0 Å². The highest BCUT2D eigenvalue weighted by Crippen LogP contribution is 2.19. The number of carbonyl (C=O) groups is 1. The molecular formula is C18H25N7O2. The number of nitrogens with one attached hydrogen (secondary N) is 3. The molecule has 0 atom stereocenters. The molecule has 1 aromatic carbocycles. The molecule has 0 spiro atoms. The van der Waals surface area contributed by atoms with E-state index in [2.05, 4.69) is 35.8 Å². The minimum absolute atomic E-state index is 0.258. The number of para-hydroxylation sites is 1. The number of benzene rings is 1. The molecule has 0 bridgehead atoms. The van der Waals surface area contributed by atoms with Gasteiger partial charge in [-0.3, -0.25) is 0 Å². The summed E-state index contributed by atoms with van der Waals surface area (Å²) in [5.74, 6) is 1.13. The van der Waals surface area contributed by atoms with E-state index in [-0.39, 0.29) is 18.6 Å². The molecule has 1 fully saturated rings. The van der Waals surface area contributed by atoms with E-state index in [4.69, 9.17) is 4.74 Å². The summed E-state index contributed by atoms with van der Waals surface area (Å²) in [7, 11) is 0. The Morgan fingerprint density at radius 1 is 1.15 bits per heavy atom. The van der Waals surface area contributed by atoms with E-state index in [1.807, 2.05) is 37.3 Å². The average molecular weight is 371 g/mol. The zero-order chi connectivity index (χ0) is 18.9. The minimum Gasteiger partial charge on any atom is -0.461 e. The molecule has 0 radical (unpaired) electrons. The zero-order valence-corrected chi connectivity index (χ0v) is 15.4. The van der Waals surface area contributed by atoms with Crippen molar-refractivity contribution in [3.05, 3.63) is 30.3 Å². The summed E-state index contributed by atoms with van der Waals surface area (Å²) < 4.78 is 5.62. The predicted molar refractivity (Wildman–Crippen MR) is 104 cm³/mol. The molecule has 9 nitrogen and oxygen atoms in total. The molecule has 144 valence electrons. The molecule has 1 saturated heterocycles. The third kappa shape index (κ3) is 5.70. The van der Waals surface area contributed by atoms with Crippen LogP contribution < -0.4 is 25.6 Å². The number of carbonyl (C=O) groups excluding carboxylic acids is 1. The maximum Gasteiger partial charge on any atom is 0.323 e. The number of ether oxygens (including phenoxy) is 1. The van der Waals surface area contributed by atoms with Gasteiger partial charge >= 0.3 is 12.0 Å². The van der Waals surface area contributed by atoms with Crippen LogP contribution in [0.1, 0.15) is 19.8 Å². The third-order valence-electron chi connectivity index (χ3n) is 3.98. The quantitative estimate of drug-likeness (QED) is 0.611. The van der Waals surface area contributed by atoms with E-state index in [1.165, 1.54) is 0 Å². The van der Waals surface area contributed by atoms with Gasteiger partial charge in [0.1, 0.15) is 6.61 Å². The molecule has 1 aliphatic rings. The number of rotatable bonds is 8. The summed E-state index contributed by atoms with van der Waals surface area (Å²) in [5.41, 5.74) is 0.735. The van der Waals surface area contributed by atoms with Gasteiger partial charge in [-0.2, -0.15) is 15.0 Å². The first-order valence-corrected chi connectivity index (χ1v) is 9.22. The molecule has 1 aromatic heterocycles. The van der Waals surface area contributed by atoms with Crippen LogP contribution in [0, 0.1) is 0 Å². The van der Waals surface area contributed by atoms with E-state index in [9.17, 15) is 4.79 Å². The number of urea groups is 1. The van der Waals surface area contributed by atoms with E-state index < -0.39 is 0 Å². The van der Waals surface area contributed by atoms with E-state index in [1.54, 1.807) is 0 Å². The Balaban J connectivity index is 1.50. The van der Waals surface area contributed by atoms with Crippen LogP contribution in [0.15, 0.2) is 30.3 Å². The van der Waals surface area contributed by atoms with Crippen LogP contribution in [-0.4, -0.2) is 53.8 Å². The lowest BCUT2D eigenvalue weighted by atomic mass is 10.3. The van der Waals surface area contributed by atoms with Crippen LogP contribution >= 0.6 is 0 Å². The lowest BCUT2D eigenvalue weighted by molar-refractivity contribution is 0.245. The van der Waals surface area contributed by atoms with Crippen molar-refractivity contribution in [3.8, 4) is 6.01 Å². The smallest absolute Gasteiger partial charge is 0.323 e. The molecule has 2 heterocycles. The maximum absolute atomic E-state index is 11.9. The van der Waals surface area contributed by atoms with Crippen LogP contribution in [0.4, 0.5) is 22.4 Å². The van der Waals surface area contributed by atoms with Gasteiger partial charge in [0.25, 0.3) is 0 Å². The van der Waals surface area contributed by atoms with E-state index >= 15 is 0 Å². The first kappa shape index (κ1) is 18.7. The number of amides is 2. The SMILES string of the molecule is CCNc1nc(OCCNC(=O)Nc2ccccc2)nc(N2CCCC2)n1. The van der Waals surface area contributed by atoms with Gasteiger partial charge < -0.3 is 25.6 Å². The fourth-order valence-corrected chi connectivity index (χ4v) is 2.71. The molecule has 2 amide bonds. The third-order valence-corrected chi connectivity index (χ3v) is 3.98. The summed E-state index contributed by atoms with van der Waals surface area (Å²) in [6.45, 7) is 5.17. The molecule has 27 heavy (non-hydrogen) atoms. The van der Waals surface area contributed by atoms with Gasteiger partial charge in [-0.25, -0.2) is 4.79 Å². The summed E-state index contributed by atoms with van der Waals surface area (Å²) in [6, 6.07) is 9.23. The minimum atomic E-state index is -0.286. The topological polar surface area (TPSA) is 104 Å². The summed E-state index contributed by atoms with van der Waals surface area (Å²) >= 11 is 0. The molecule has 3 rings (SSSR count). The molecule has 1 aliphatic heterocycles. The number of hydrogen-bond donors (Lipinski definition) is 3. The largest absolute Gasteiger partial charge is 0.461 e. The highest BCUT2D eigenvalue weighted by molar-refractivity contribution is 5.89. The lowest BCUT2D eigenvalue weighted by Crippen LogP contribution is -2.32. The summed E-state index contributed by atoms with van der Waals surface area (Å²) in [6.07, 6.45) is 2.28. The Labute approximate surface area is 158 Å². The zero-order valence-electron chi connectivity index (χ0n) is 15.4. The van der Waals surface area contributed by atoms with Gasteiger partial charge in [-0.05, 0) is 31.9 Å². The van der Waals surface area contributed by atoms with Crippen LogP contribution in [0.3, 0.4) is 0 Å². The van der Waals surface area contributed by atoms with Crippen molar-refractivity contribution in [3.63, 3.8) is 0 Å². The summed E-state index contributed by atoms with van der Waals surface area (Å²) in [4.78, 5) is 27.1. The second-order valence-corrected chi connectivity index (χ2v) is 6.06. The van der Waals surface area contributed by atoms with Crippen molar-refractivity contribution < 1.29 is 9.53 Å². The molecule has 0 aliphatic carbocycles. The summed E-state index contributed by atoms with van der Waals surface area (Å²) in [5, 5.41) is 8.59. The van der Waals surface area contributed by atoms with Gasteiger partial charge in [0.05, 0.1) is 6.54 Å². The standard InChI is InChI=1S/C18H25N7O2/c1-2-19-15-22-16(25-11-6-7-12-25)24-18(23-15)27-13-10-20-17(26)21-14-8-4-3-5-9-14/h3-5,8-9H,2,6-7,10-13H2,1H3,(H2,20,21,26)(H,19,22,23,24). The number of hydrogen-bond acceptors (Lipinski definition) is 7. The second kappa shape index (κ2) is 9.56. The number of aromatic nitrogens is 3. The highest BCUT2D eigenvalue weighted by atomic mass is 16.5. The fraction of sp³-hybridized carbons (Fsp3) is 0.444. The lowest BCUT2D eigenvalue weighted by Gasteiger charge is -2.16. The van der Waals surface area contributed by atoms with Crippen molar-refractivity contribution in [1.82, 2.24) is 20.3 Å². The fourth-order valence-electron chi connectivity index (χ4n) is 2.71. The maximum atomic E-state index is 11.9. The molecule has 0 saturated carbocycles. The molecule has 0 unspecified atom stereocenters. The predicted octanol–water partition coefficient (Wildman–Crippen LogP) is 2.10. The highest BCUT2D eigenvalue weighted by Gasteiger charge is 2.17. The Kier molecular flexibility index (Phi) is 6.61. The normalized spacial score (nSPS) is 13.3. The van der Waals surface area contributed by atoms with Gasteiger partial charge in [0.2, 0.25) is 11.9 Å². The Hall–Kier alpha value is -3.10. The van der Waals surface area contributed by atoms with Gasteiger partial charge in [0.15, 0.2) is 0 Å². The van der Waals surface area contributed by atoms with Crippen molar-refractivity contribution in [2.75, 3.05) is 48.3 Å². The van der Waals surface area contributed by atoms with Gasteiger partial charge in [0, 0.05) is 25.3 Å². The van der Waals surface area contributed by atoms with Crippen LogP contribution in [-0.2, 0) is 0 Å². The van der Waals surface area contributed by atoms with Crippen LogP contribution in [0.2, 0.25) is 0 Å². The average Bonchev–Trinajstić information content (AvgIpc) is 3.21. The van der Waals surface area contributed by atoms with Gasteiger partial charge in [-0.15, -0.1) is 0 Å². The van der Waals surface area contributed by atoms with Crippen molar-refractivity contribution >= 4 is 23.6 Å². The van der Waals surface area contributed by atoms with Crippen molar-refractivity contribution in [2.24, 2.45) is 0 Å². The Morgan fingerprint density at radius 2 is 1.93 bits per heavy atom. The molecular weight excluding hydrogens is 346 g/mol. The number of anilines is 3. The number of nitrogens with zero attached hydrogens (tertiary/aromatic N) is 4. The molecule has 2 aromatic rings. The molecule has 3 N–H and O–H groups in total. The van der Waals surface area contributed by atoms with Crippen LogP contribution in [0.25, 0.3) is 0 Å². The van der Waals surface area contributed by atoms with Gasteiger partial charge in [-0.1, -0.05) is 18.2 Å².